The van der Waals surface area contributed by atoms with Crippen molar-refractivity contribution < 1.29 is 132 Å². The second-order valence-corrected chi connectivity index (χ2v) is 46.6. The van der Waals surface area contributed by atoms with Gasteiger partial charge in [0.2, 0.25) is 16.6 Å². The summed E-state index contributed by atoms with van der Waals surface area (Å²) < 4.78 is 240. The molecule has 37 heteroatoms. The van der Waals surface area contributed by atoms with Gasteiger partial charge in [0.25, 0.3) is 0 Å². The van der Waals surface area contributed by atoms with E-state index in [4.69, 9.17) is 31.5 Å². The smallest absolute Gasteiger partial charge is 0.416 e. The number of aromatic hydroxyl groups is 3. The number of nitriles is 1. The summed E-state index contributed by atoms with van der Waals surface area (Å²) in [6.07, 6.45) is -22.1. The van der Waals surface area contributed by atoms with Gasteiger partial charge in [0.15, 0.2) is 12.6 Å². The molecule has 10 aromatic carbocycles. The molecule has 5 N–H and O–H groups in total. The minimum absolute atomic E-state index is 0.00185. The van der Waals surface area contributed by atoms with Gasteiger partial charge in [-0.3, -0.25) is 9.59 Å². The van der Waals surface area contributed by atoms with E-state index in [1.807, 2.05) is 6.07 Å². The van der Waals surface area contributed by atoms with Crippen LogP contribution in [0.2, 0.25) is 36.3 Å². The van der Waals surface area contributed by atoms with Crippen LogP contribution in [-0.2, 0) is 44.1 Å². The van der Waals surface area contributed by atoms with E-state index in [0.717, 1.165) is 60.7 Å². The lowest BCUT2D eigenvalue weighted by molar-refractivity contribution is -0.138. The van der Waals surface area contributed by atoms with Crippen LogP contribution >= 0.6 is 0 Å². The maximum absolute atomic E-state index is 13.7. The molecule has 0 unspecified atom stereocenters. The summed E-state index contributed by atoms with van der Waals surface area (Å²) in [5.41, 5.74) is 6.31. The van der Waals surface area contributed by atoms with Gasteiger partial charge in [0.05, 0.1) is 81.1 Å². The lowest BCUT2D eigenvalue weighted by atomic mass is 9.88. The highest BCUT2D eigenvalue weighted by Crippen LogP contribution is 2.52. The number of aldehydes is 2. The molecule has 144 heavy (non-hydrogen) atoms. The van der Waals surface area contributed by atoms with Gasteiger partial charge in [-0.25, -0.2) is 0 Å². The number of alkyl halides is 15. The van der Waals surface area contributed by atoms with Crippen molar-refractivity contribution in [2.24, 2.45) is 0 Å². The Kier molecular flexibility index (Phi) is 32.4. The Balaban J connectivity index is 0.000000172. The van der Waals surface area contributed by atoms with Crippen LogP contribution in [0.25, 0.3) is 111 Å². The van der Waals surface area contributed by atoms with Crippen LogP contribution < -0.4 is 8.85 Å². The van der Waals surface area contributed by atoms with Gasteiger partial charge in [-0.2, -0.15) is 71.1 Å². The summed E-state index contributed by atoms with van der Waals surface area (Å²) in [7, 11) is -4.14. The van der Waals surface area contributed by atoms with Gasteiger partial charge in [-0.05, 0) is 294 Å². The summed E-state index contributed by atoms with van der Waals surface area (Å²) in [6.45, 7) is 36.9. The summed E-state index contributed by atoms with van der Waals surface area (Å²) in [4.78, 5) is 23.5. The first-order chi connectivity index (χ1) is 67.0. The number of nitrogens with zero attached hydrogens (tertiary/aromatic N) is 6. The molecule has 756 valence electrons. The summed E-state index contributed by atoms with van der Waals surface area (Å²) in [5, 5.41) is 77.1. The van der Waals surface area contributed by atoms with Gasteiger partial charge in [0.1, 0.15) is 57.5 Å². The number of phenols is 3. The predicted molar refractivity (Wildman–Crippen MR) is 517 cm³/mol. The fourth-order valence-electron chi connectivity index (χ4n) is 15.7. The Bertz CT molecular complexity index is 7140. The highest BCUT2D eigenvalue weighted by Gasteiger charge is 2.43. The monoisotopic (exact) mass is 2030 g/mol. The molecule has 0 aliphatic carbocycles. The lowest BCUT2D eigenvalue weighted by Gasteiger charge is -2.36. The van der Waals surface area contributed by atoms with E-state index in [1.165, 1.54) is 72.8 Å². The molecule has 20 nitrogen and oxygen atoms in total. The zero-order valence-electron chi connectivity index (χ0n) is 81.7. The fraction of sp³-hybridized carbons (Fsp3) is 0.271. The molecule has 0 atom stereocenters. The highest BCUT2D eigenvalue weighted by atomic mass is 28.4. The molecule has 0 saturated heterocycles. The first kappa shape index (κ1) is 110. The van der Waals surface area contributed by atoms with Gasteiger partial charge in [-0.15, -0.1) is 0 Å². The van der Waals surface area contributed by atoms with E-state index < -0.39 is 88.5 Å². The topological polar surface area (TPSA) is 308 Å². The number of carbonyl (C=O) groups is 2. The summed E-state index contributed by atoms with van der Waals surface area (Å²) >= 11 is 0. The van der Waals surface area contributed by atoms with E-state index in [0.29, 0.717) is 170 Å². The Morgan fingerprint density at radius 1 is 0.312 bits per heavy atom. The second-order valence-electron chi connectivity index (χ2n) is 37.1. The van der Waals surface area contributed by atoms with Crippen molar-refractivity contribution in [2.75, 3.05) is 0 Å². The quantitative estimate of drug-likeness (QED) is 0.0303. The minimum atomic E-state index is -4.61. The molecule has 0 bridgehead atoms. The third-order valence-corrected chi connectivity index (χ3v) is 33.6. The average Bonchev–Trinajstić information content (AvgIpc) is 1.52. The van der Waals surface area contributed by atoms with Crippen molar-refractivity contribution >= 4 is 29.2 Å². The van der Waals surface area contributed by atoms with Gasteiger partial charge < -0.3 is 57.0 Å². The van der Waals surface area contributed by atoms with Crippen molar-refractivity contribution in [3.63, 3.8) is 0 Å². The molecule has 0 aliphatic heterocycles. The first-order valence-electron chi connectivity index (χ1n) is 44.4. The van der Waals surface area contributed by atoms with Crippen LogP contribution in [0.4, 0.5) is 65.9 Å². The normalized spacial score (nSPS) is 12.1. The van der Waals surface area contributed by atoms with Crippen LogP contribution in [0, 0.1) is 80.6 Å². The van der Waals surface area contributed by atoms with Crippen LogP contribution in [0.3, 0.4) is 0 Å². The first-order valence-corrected chi connectivity index (χ1v) is 50.2. The van der Waals surface area contributed by atoms with E-state index in [1.54, 1.807) is 118 Å². The lowest BCUT2D eigenvalue weighted by Crippen LogP contribution is -2.43. The highest BCUT2D eigenvalue weighted by molar-refractivity contribution is 6.75. The number of aliphatic hydroxyl groups is 2. The van der Waals surface area contributed by atoms with Crippen molar-refractivity contribution in [1.82, 2.24) is 25.8 Å². The average molecular weight is 2040 g/mol. The van der Waals surface area contributed by atoms with E-state index in [2.05, 4.69) is 93.5 Å². The molecule has 5 heterocycles. The number of aromatic nitrogens is 5. The molecule has 0 fully saturated rings. The number of hydrogen-bond acceptors (Lipinski definition) is 20. The van der Waals surface area contributed by atoms with Crippen molar-refractivity contribution in [1.29, 1.82) is 5.26 Å². The Morgan fingerprint density at radius 2 is 0.521 bits per heavy atom. The molecule has 0 amide bonds. The fourth-order valence-corrected chi connectivity index (χ4v) is 17.8. The number of hydrogen-bond donors (Lipinski definition) is 5. The van der Waals surface area contributed by atoms with E-state index in [9.17, 15) is 106 Å². The number of carbonyl (C=O) groups excluding carboxylic acids is 2. The van der Waals surface area contributed by atoms with Gasteiger partial charge >= 0.3 is 30.9 Å². The number of phenolic OH excluding ortho intramolecular Hbond substituents is 3. The van der Waals surface area contributed by atoms with Crippen molar-refractivity contribution in [3.8, 4) is 146 Å². The minimum Gasteiger partial charge on any atom is -0.544 e. The molecule has 0 aliphatic rings. The van der Waals surface area contributed by atoms with Crippen LogP contribution in [0.15, 0.2) is 205 Å². The third kappa shape index (κ3) is 24.5. The zero-order chi connectivity index (χ0) is 107. The van der Waals surface area contributed by atoms with Gasteiger partial charge in [-0.1, -0.05) is 128 Å². The number of aliphatic hydroxyl groups excluding tert-OH is 2. The molecular formula is C107H101F15N6O14Si2. The molecule has 0 saturated carbocycles. The molecule has 0 radical (unpaired) electrons. The number of aryl methyl sites for hydroxylation is 10. The zero-order valence-corrected chi connectivity index (χ0v) is 83.7. The van der Waals surface area contributed by atoms with Crippen molar-refractivity contribution in [2.45, 2.75) is 191 Å². The van der Waals surface area contributed by atoms with Crippen LogP contribution in [-0.4, -0.2) is 80.5 Å². The van der Waals surface area contributed by atoms with E-state index >= 15 is 0 Å². The number of halogens is 15. The van der Waals surface area contributed by atoms with Crippen molar-refractivity contribution in [3.05, 3.63) is 295 Å². The molecule has 15 rings (SSSR count). The Hall–Kier alpha value is -14.6. The molecular weight excluding hydrogens is 1930 g/mol. The van der Waals surface area contributed by atoms with Crippen LogP contribution in [0.1, 0.15) is 164 Å². The standard InChI is InChI=1S/C25H30F3NO3Si.C25H28F3NO3Si.C19H13F3N2O2.C19H16F3NO3.C19H14F3NO3/c2*1-15-22(16(2)31-29-15)23-18(14-30)12-19(25(26,27)28)13-21(23)17-8-10-20(11-9-17)32-33(6,7)24(3,4)5;1-10-17(11(2)26-24-10)18-13(9-23)7-14(19(20,21)22)8-16(18)12-3-5-15(25)6-4-12;2*1-10-17(11(2)26-23-10)18-13(9-24)7-14(19(20,21)22)8-16(18)12-3-5-15(25)6-4-12/h8-13,30H,14H2,1-7H3;8-14H,1-7H3;3-8,25H,1-2H3;3-8,24-25H,9H2,1-2H3;3-9,25H,1-2H3. The predicted octanol–water partition coefficient (Wildman–Crippen LogP) is 30.6. The number of benzene rings is 10. The largest absolute Gasteiger partial charge is 0.544 e. The number of rotatable bonds is 18. The molecule has 0 spiro atoms. The second kappa shape index (κ2) is 42.5. The Morgan fingerprint density at radius 3 is 0.729 bits per heavy atom. The van der Waals surface area contributed by atoms with E-state index in [-0.39, 0.29) is 77.4 Å². The SMILES string of the molecule is Cc1noc(C)c1-c1c(C#N)cc(C(F)(F)F)cc1-c1ccc(O)cc1.Cc1noc(C)c1-c1c(C=O)cc(C(F)(F)F)cc1-c1ccc(O)cc1.Cc1noc(C)c1-c1c(C=O)cc(C(F)(F)F)cc1-c1ccc(O[Si](C)(C)C(C)(C)C)cc1.Cc1noc(C)c1-c1c(CO)cc(C(F)(F)F)cc1-c1ccc(O)cc1.Cc1noc(C)c1-c1c(CO)cc(C(F)(F)F)cc1-c1ccc(O[Si](C)(C)C(C)(C)C)cc1. The molecule has 15 aromatic rings. The maximum atomic E-state index is 13.7. The maximum Gasteiger partial charge on any atom is 0.416 e. The Labute approximate surface area is 820 Å². The van der Waals surface area contributed by atoms with Gasteiger partial charge in [0, 0.05) is 66.8 Å². The summed E-state index contributed by atoms with van der Waals surface area (Å²) in [6, 6.07) is 42.8. The molecule has 5 aromatic heterocycles. The van der Waals surface area contributed by atoms with Crippen LogP contribution in [0.5, 0.6) is 28.7 Å². The summed E-state index contributed by atoms with van der Waals surface area (Å²) in [5.74, 6) is 3.44. The third-order valence-electron chi connectivity index (χ3n) is 24.9.